The molecule has 1 aliphatic rings. The third-order valence-electron chi connectivity index (χ3n) is 6.43. The van der Waals surface area contributed by atoms with Crippen LogP contribution in [-0.4, -0.2) is 44.2 Å². The number of carbonyl (C=O) groups is 2. The number of aldehydes is 1. The van der Waals surface area contributed by atoms with Gasteiger partial charge in [-0.1, -0.05) is 55.7 Å². The molecule has 0 heterocycles. The fourth-order valence-corrected chi connectivity index (χ4v) is 4.61. The summed E-state index contributed by atoms with van der Waals surface area (Å²) in [6.45, 7) is 0.0152. The SMILES string of the molecule is CO.COc1ccc(C(CC=O)c2ccc3ccc(OCC(=O)NC4CCCCC4)cc3c2)cc1. The molecule has 0 aliphatic heterocycles. The summed E-state index contributed by atoms with van der Waals surface area (Å²) >= 11 is 0. The van der Waals surface area contributed by atoms with E-state index in [4.69, 9.17) is 14.6 Å². The summed E-state index contributed by atoms with van der Waals surface area (Å²) in [6.07, 6.45) is 7.09. The van der Waals surface area contributed by atoms with Gasteiger partial charge in [-0.25, -0.2) is 0 Å². The minimum atomic E-state index is -0.0682. The number of rotatable bonds is 9. The second-order valence-electron chi connectivity index (χ2n) is 8.69. The van der Waals surface area contributed by atoms with Crippen molar-refractivity contribution in [1.29, 1.82) is 0 Å². The maximum atomic E-state index is 12.3. The second-order valence-corrected chi connectivity index (χ2v) is 8.69. The Balaban J connectivity index is 0.00000167. The number of amides is 1. The highest BCUT2D eigenvalue weighted by Gasteiger charge is 2.17. The Morgan fingerprint density at radius 1 is 0.943 bits per heavy atom. The number of benzene rings is 3. The zero-order valence-electron chi connectivity index (χ0n) is 20.5. The van der Waals surface area contributed by atoms with E-state index in [0.717, 1.165) is 53.9 Å². The van der Waals surface area contributed by atoms with E-state index in [2.05, 4.69) is 23.5 Å². The average Bonchev–Trinajstić information content (AvgIpc) is 2.92. The highest BCUT2D eigenvalue weighted by molar-refractivity contribution is 5.85. The third-order valence-corrected chi connectivity index (χ3v) is 6.43. The van der Waals surface area contributed by atoms with Crippen molar-refractivity contribution in [1.82, 2.24) is 5.32 Å². The number of hydrogen-bond acceptors (Lipinski definition) is 5. The summed E-state index contributed by atoms with van der Waals surface area (Å²) in [6, 6.07) is 20.2. The maximum absolute atomic E-state index is 12.3. The van der Waals surface area contributed by atoms with Crippen molar-refractivity contribution in [3.8, 4) is 11.5 Å². The van der Waals surface area contributed by atoms with Gasteiger partial charge in [-0.15, -0.1) is 0 Å². The number of methoxy groups -OCH3 is 1. The Hall–Kier alpha value is -3.38. The van der Waals surface area contributed by atoms with Gasteiger partial charge in [0.2, 0.25) is 0 Å². The van der Waals surface area contributed by atoms with Crippen LogP contribution in [0.4, 0.5) is 0 Å². The lowest BCUT2D eigenvalue weighted by Gasteiger charge is -2.22. The number of carbonyl (C=O) groups excluding carboxylic acids is 2. The molecule has 2 N–H and O–H groups in total. The van der Waals surface area contributed by atoms with Gasteiger partial charge >= 0.3 is 0 Å². The molecule has 3 aromatic carbocycles. The number of hydrogen-bond donors (Lipinski definition) is 2. The van der Waals surface area contributed by atoms with E-state index in [1.54, 1.807) is 7.11 Å². The minimum Gasteiger partial charge on any atom is -0.497 e. The summed E-state index contributed by atoms with van der Waals surface area (Å²) < 4.78 is 11.0. The number of aliphatic hydroxyl groups is 1. The fourth-order valence-electron chi connectivity index (χ4n) is 4.61. The van der Waals surface area contributed by atoms with Gasteiger partial charge in [0.15, 0.2) is 6.61 Å². The standard InChI is InChI=1S/C28H31NO4.CH4O/c1-32-25-12-10-21(11-13-25)27(15-16-30)22-8-7-20-9-14-26(18-23(20)17-22)33-19-28(31)29-24-5-3-2-4-6-24;1-2/h7-14,16-18,24,27H,2-6,15,19H2,1H3,(H,29,31);2H,1H3. The van der Waals surface area contributed by atoms with Crippen molar-refractivity contribution in [2.45, 2.75) is 50.5 Å². The summed E-state index contributed by atoms with van der Waals surface area (Å²) in [5.74, 6) is 1.34. The van der Waals surface area contributed by atoms with E-state index in [1.165, 1.54) is 19.3 Å². The topological polar surface area (TPSA) is 84.9 Å². The molecule has 1 saturated carbocycles. The molecule has 0 spiro atoms. The van der Waals surface area contributed by atoms with E-state index in [-0.39, 0.29) is 24.5 Å². The largest absolute Gasteiger partial charge is 0.497 e. The number of fused-ring (bicyclic) bond motifs is 1. The molecular formula is C29H35NO5. The third kappa shape index (κ3) is 7.30. The molecular weight excluding hydrogens is 442 g/mol. The van der Waals surface area contributed by atoms with Crippen LogP contribution < -0.4 is 14.8 Å². The molecule has 4 rings (SSSR count). The van der Waals surface area contributed by atoms with Crippen LogP contribution in [0.15, 0.2) is 60.7 Å². The first-order valence-corrected chi connectivity index (χ1v) is 12.1. The van der Waals surface area contributed by atoms with E-state index in [0.29, 0.717) is 12.2 Å². The molecule has 1 atom stereocenters. The first-order chi connectivity index (χ1) is 17.2. The van der Waals surface area contributed by atoms with E-state index >= 15 is 0 Å². The first kappa shape index (κ1) is 26.2. The molecule has 0 radical (unpaired) electrons. The van der Waals surface area contributed by atoms with Crippen molar-refractivity contribution >= 4 is 23.0 Å². The predicted octanol–water partition coefficient (Wildman–Crippen LogP) is 5.01. The summed E-state index contributed by atoms with van der Waals surface area (Å²) in [7, 11) is 2.64. The normalized spacial score (nSPS) is 14.4. The molecule has 0 saturated heterocycles. The van der Waals surface area contributed by atoms with E-state index < -0.39 is 0 Å². The maximum Gasteiger partial charge on any atom is 0.258 e. The number of nitrogens with one attached hydrogen (secondary N) is 1. The fraction of sp³-hybridized carbons (Fsp3) is 0.379. The molecule has 1 aliphatic carbocycles. The van der Waals surface area contributed by atoms with Crippen LogP contribution in [0.2, 0.25) is 0 Å². The Morgan fingerprint density at radius 3 is 2.29 bits per heavy atom. The monoisotopic (exact) mass is 477 g/mol. The molecule has 35 heavy (non-hydrogen) atoms. The molecule has 1 unspecified atom stereocenters. The molecule has 0 bridgehead atoms. The molecule has 1 fully saturated rings. The number of ether oxygens (including phenoxy) is 2. The van der Waals surface area contributed by atoms with Gasteiger partial charge in [0, 0.05) is 25.5 Å². The van der Waals surface area contributed by atoms with Crippen molar-refractivity contribution in [2.24, 2.45) is 0 Å². The lowest BCUT2D eigenvalue weighted by molar-refractivity contribution is -0.124. The van der Waals surface area contributed by atoms with Gasteiger partial charge in [-0.2, -0.15) is 0 Å². The average molecular weight is 478 g/mol. The molecule has 1 amide bonds. The van der Waals surface area contributed by atoms with Gasteiger partial charge < -0.3 is 24.7 Å². The Labute approximate surface area is 207 Å². The van der Waals surface area contributed by atoms with E-state index in [1.807, 2.05) is 42.5 Å². The van der Waals surface area contributed by atoms with Gasteiger partial charge in [0.1, 0.15) is 17.8 Å². The quantitative estimate of drug-likeness (QED) is 0.424. The molecule has 3 aromatic rings. The van der Waals surface area contributed by atoms with Crippen molar-refractivity contribution in [3.63, 3.8) is 0 Å². The summed E-state index contributed by atoms with van der Waals surface area (Å²) in [5.41, 5.74) is 2.13. The Morgan fingerprint density at radius 2 is 1.60 bits per heavy atom. The van der Waals surface area contributed by atoms with E-state index in [9.17, 15) is 9.59 Å². The lowest BCUT2D eigenvalue weighted by Crippen LogP contribution is -2.38. The summed E-state index contributed by atoms with van der Waals surface area (Å²) in [5, 5.41) is 12.2. The van der Waals surface area contributed by atoms with Crippen LogP contribution in [-0.2, 0) is 9.59 Å². The highest BCUT2D eigenvalue weighted by atomic mass is 16.5. The van der Waals surface area contributed by atoms with Gasteiger partial charge in [-0.3, -0.25) is 4.79 Å². The Bertz CT molecular complexity index is 1090. The van der Waals surface area contributed by atoms with Crippen LogP contribution in [0.5, 0.6) is 11.5 Å². The molecule has 0 aromatic heterocycles. The van der Waals surface area contributed by atoms with Crippen LogP contribution in [0.1, 0.15) is 55.6 Å². The van der Waals surface area contributed by atoms with Crippen LogP contribution in [0.25, 0.3) is 10.8 Å². The van der Waals surface area contributed by atoms with Crippen LogP contribution >= 0.6 is 0 Å². The number of aliphatic hydroxyl groups excluding tert-OH is 1. The smallest absolute Gasteiger partial charge is 0.258 e. The zero-order valence-corrected chi connectivity index (χ0v) is 20.5. The Kier molecular flexibility index (Phi) is 10.1. The van der Waals surface area contributed by atoms with Crippen molar-refractivity contribution < 1.29 is 24.2 Å². The van der Waals surface area contributed by atoms with Crippen molar-refractivity contribution in [2.75, 3.05) is 20.8 Å². The summed E-state index contributed by atoms with van der Waals surface area (Å²) in [4.78, 5) is 23.7. The van der Waals surface area contributed by atoms with Crippen LogP contribution in [0.3, 0.4) is 0 Å². The van der Waals surface area contributed by atoms with Gasteiger partial charge in [0.05, 0.1) is 7.11 Å². The second kappa shape index (κ2) is 13.5. The molecule has 6 heteroatoms. The zero-order chi connectivity index (χ0) is 25.0. The molecule has 6 nitrogen and oxygen atoms in total. The van der Waals surface area contributed by atoms with Gasteiger partial charge in [-0.05, 0) is 59.0 Å². The van der Waals surface area contributed by atoms with Crippen molar-refractivity contribution in [3.05, 3.63) is 71.8 Å². The highest BCUT2D eigenvalue weighted by Crippen LogP contribution is 2.32. The van der Waals surface area contributed by atoms with Crippen LogP contribution in [0, 0.1) is 0 Å². The van der Waals surface area contributed by atoms with Gasteiger partial charge in [0.25, 0.3) is 5.91 Å². The lowest BCUT2D eigenvalue weighted by atomic mass is 9.88. The molecule has 186 valence electrons. The first-order valence-electron chi connectivity index (χ1n) is 12.1. The minimum absolute atomic E-state index is 0.0152. The predicted molar refractivity (Wildman–Crippen MR) is 138 cm³/mol.